The van der Waals surface area contributed by atoms with E-state index in [1.807, 2.05) is 18.2 Å². The molecule has 1 aromatic heterocycles. The first-order valence-electron chi connectivity index (χ1n) is 6.71. The zero-order valence-electron chi connectivity index (χ0n) is 11.6. The third-order valence-corrected chi connectivity index (χ3v) is 3.58. The molecular weight excluding hydrogens is 272 g/mol. The van der Waals surface area contributed by atoms with E-state index in [0.29, 0.717) is 0 Å². The van der Waals surface area contributed by atoms with Crippen molar-refractivity contribution in [3.63, 3.8) is 0 Å². The largest absolute Gasteiger partial charge is 0.497 e. The van der Waals surface area contributed by atoms with E-state index < -0.39 is 0 Å². The zero-order chi connectivity index (χ0) is 14.2. The van der Waals surface area contributed by atoms with Crippen molar-refractivity contribution in [3.05, 3.63) is 35.7 Å². The Kier molecular flexibility index (Phi) is 5.76. The van der Waals surface area contributed by atoms with Crippen LogP contribution in [-0.2, 0) is 6.42 Å². The molecule has 1 heterocycles. The van der Waals surface area contributed by atoms with Gasteiger partial charge in [0.2, 0.25) is 5.13 Å². The molecule has 0 saturated carbocycles. The molecule has 2 rings (SSSR count). The van der Waals surface area contributed by atoms with E-state index in [9.17, 15) is 0 Å². The van der Waals surface area contributed by atoms with Crippen molar-refractivity contribution in [2.24, 2.45) is 5.73 Å². The van der Waals surface area contributed by atoms with E-state index in [1.165, 1.54) is 11.5 Å². The predicted octanol–water partition coefficient (Wildman–Crippen LogP) is 2.29. The van der Waals surface area contributed by atoms with Gasteiger partial charge >= 0.3 is 0 Å². The second-order valence-corrected chi connectivity index (χ2v) is 5.22. The summed E-state index contributed by atoms with van der Waals surface area (Å²) >= 11 is 1.40. The molecule has 20 heavy (non-hydrogen) atoms. The Bertz CT molecular complexity index is 529. The van der Waals surface area contributed by atoms with Gasteiger partial charge in [0.05, 0.1) is 7.11 Å². The number of nitrogens with one attached hydrogen (secondary N) is 1. The smallest absolute Gasteiger partial charge is 0.202 e. The third kappa shape index (κ3) is 4.47. The summed E-state index contributed by atoms with van der Waals surface area (Å²) in [6, 6.07) is 7.97. The van der Waals surface area contributed by atoms with Gasteiger partial charge < -0.3 is 15.8 Å². The van der Waals surface area contributed by atoms with Crippen LogP contribution in [0.1, 0.15) is 24.2 Å². The van der Waals surface area contributed by atoms with Crippen molar-refractivity contribution in [1.29, 1.82) is 0 Å². The molecule has 6 heteroatoms. The fourth-order valence-corrected chi connectivity index (χ4v) is 2.44. The lowest BCUT2D eigenvalue weighted by Gasteiger charge is -2.02. The maximum absolute atomic E-state index is 5.46. The van der Waals surface area contributed by atoms with Crippen LogP contribution in [0.4, 0.5) is 5.13 Å². The highest BCUT2D eigenvalue weighted by Crippen LogP contribution is 2.17. The second kappa shape index (κ2) is 7.81. The van der Waals surface area contributed by atoms with Crippen molar-refractivity contribution in [3.8, 4) is 5.75 Å². The average molecular weight is 292 g/mol. The monoisotopic (exact) mass is 292 g/mol. The summed E-state index contributed by atoms with van der Waals surface area (Å²) in [5, 5.41) is 4.15. The number of aromatic nitrogens is 2. The van der Waals surface area contributed by atoms with E-state index >= 15 is 0 Å². The Morgan fingerprint density at radius 2 is 2.25 bits per heavy atom. The molecule has 3 N–H and O–H groups in total. The minimum atomic E-state index is 0.720. The lowest BCUT2D eigenvalue weighted by atomic mass is 10.1. The van der Waals surface area contributed by atoms with Crippen LogP contribution in [0, 0.1) is 0 Å². The molecule has 0 aliphatic rings. The number of ether oxygens (including phenoxy) is 1. The summed E-state index contributed by atoms with van der Waals surface area (Å²) in [4.78, 5) is 4.48. The Hall–Kier alpha value is -1.66. The van der Waals surface area contributed by atoms with Gasteiger partial charge in [0.1, 0.15) is 11.6 Å². The van der Waals surface area contributed by atoms with Gasteiger partial charge in [-0.2, -0.15) is 4.37 Å². The van der Waals surface area contributed by atoms with Gasteiger partial charge in [0, 0.05) is 24.5 Å². The standard InChI is InChI=1S/C14H20N4OS/c1-19-12-6-4-5-11(9-12)10-13-17-14(20-18-13)16-8-3-2-7-15/h4-6,9H,2-3,7-8,10,15H2,1H3,(H,16,17,18). The molecule has 0 unspecified atom stereocenters. The second-order valence-electron chi connectivity index (χ2n) is 4.47. The molecular formula is C14H20N4OS. The number of hydrogen-bond acceptors (Lipinski definition) is 6. The average Bonchev–Trinajstić information content (AvgIpc) is 2.91. The molecule has 2 aromatic rings. The van der Waals surface area contributed by atoms with Crippen LogP contribution in [0.25, 0.3) is 0 Å². The highest BCUT2D eigenvalue weighted by atomic mass is 32.1. The normalized spacial score (nSPS) is 10.5. The molecule has 0 bridgehead atoms. The first kappa shape index (κ1) is 14.7. The molecule has 0 aliphatic heterocycles. The maximum atomic E-state index is 5.46. The summed E-state index contributed by atoms with van der Waals surface area (Å²) < 4.78 is 9.58. The Morgan fingerprint density at radius 3 is 3.05 bits per heavy atom. The summed E-state index contributed by atoms with van der Waals surface area (Å²) in [5.74, 6) is 1.70. The number of anilines is 1. The molecule has 0 amide bonds. The van der Waals surface area contributed by atoms with Crippen molar-refractivity contribution in [2.75, 3.05) is 25.5 Å². The number of nitrogens with zero attached hydrogens (tertiary/aromatic N) is 2. The van der Waals surface area contributed by atoms with E-state index in [0.717, 1.165) is 54.6 Å². The Labute approximate surface area is 123 Å². The number of unbranched alkanes of at least 4 members (excludes halogenated alkanes) is 1. The van der Waals surface area contributed by atoms with Crippen LogP contribution >= 0.6 is 11.5 Å². The van der Waals surface area contributed by atoms with Gasteiger partial charge in [0.15, 0.2) is 0 Å². The van der Waals surface area contributed by atoms with Crippen LogP contribution < -0.4 is 15.8 Å². The fraction of sp³-hybridized carbons (Fsp3) is 0.429. The highest BCUT2D eigenvalue weighted by Gasteiger charge is 2.05. The van der Waals surface area contributed by atoms with Gasteiger partial charge in [-0.1, -0.05) is 12.1 Å². The van der Waals surface area contributed by atoms with Crippen molar-refractivity contribution in [1.82, 2.24) is 9.36 Å². The molecule has 0 fully saturated rings. The summed E-state index contributed by atoms with van der Waals surface area (Å²) in [6.45, 7) is 1.63. The van der Waals surface area contributed by atoms with Crippen molar-refractivity contribution < 1.29 is 4.74 Å². The quantitative estimate of drug-likeness (QED) is 0.730. The number of nitrogens with two attached hydrogens (primary N) is 1. The SMILES string of the molecule is COc1cccc(Cc2nsc(NCCCCN)n2)c1. The Morgan fingerprint density at radius 1 is 1.35 bits per heavy atom. The van der Waals surface area contributed by atoms with Crippen LogP contribution in [-0.4, -0.2) is 29.6 Å². The molecule has 0 radical (unpaired) electrons. The number of rotatable bonds is 8. The van der Waals surface area contributed by atoms with Crippen molar-refractivity contribution >= 4 is 16.7 Å². The molecule has 0 aliphatic carbocycles. The molecule has 0 spiro atoms. The van der Waals surface area contributed by atoms with Crippen LogP contribution in [0.3, 0.4) is 0 Å². The molecule has 0 atom stereocenters. The number of hydrogen-bond donors (Lipinski definition) is 2. The maximum Gasteiger partial charge on any atom is 0.202 e. The highest BCUT2D eigenvalue weighted by molar-refractivity contribution is 7.09. The van der Waals surface area contributed by atoms with Crippen molar-refractivity contribution in [2.45, 2.75) is 19.3 Å². The van der Waals surface area contributed by atoms with E-state index in [2.05, 4.69) is 20.7 Å². The Balaban J connectivity index is 1.88. The summed E-state index contributed by atoms with van der Waals surface area (Å²) in [6.07, 6.45) is 2.81. The van der Waals surface area contributed by atoms with Crippen LogP contribution in [0.15, 0.2) is 24.3 Å². The topological polar surface area (TPSA) is 73.1 Å². The lowest BCUT2D eigenvalue weighted by Crippen LogP contribution is -2.05. The summed E-state index contributed by atoms with van der Waals surface area (Å²) in [7, 11) is 1.67. The number of benzene rings is 1. The third-order valence-electron chi connectivity index (χ3n) is 2.87. The minimum Gasteiger partial charge on any atom is -0.497 e. The van der Waals surface area contributed by atoms with Gasteiger partial charge in [-0.25, -0.2) is 4.98 Å². The minimum absolute atomic E-state index is 0.720. The zero-order valence-corrected chi connectivity index (χ0v) is 12.4. The molecule has 108 valence electrons. The van der Waals surface area contributed by atoms with Gasteiger partial charge in [-0.3, -0.25) is 0 Å². The first-order valence-corrected chi connectivity index (χ1v) is 7.48. The molecule has 1 aromatic carbocycles. The van der Waals surface area contributed by atoms with E-state index in [4.69, 9.17) is 10.5 Å². The number of methoxy groups -OCH3 is 1. The van der Waals surface area contributed by atoms with Gasteiger partial charge in [0.25, 0.3) is 0 Å². The predicted molar refractivity (Wildman–Crippen MR) is 82.5 cm³/mol. The first-order chi connectivity index (χ1) is 9.81. The van der Waals surface area contributed by atoms with Gasteiger partial charge in [-0.05, 0) is 37.1 Å². The van der Waals surface area contributed by atoms with E-state index in [1.54, 1.807) is 7.11 Å². The van der Waals surface area contributed by atoms with E-state index in [-0.39, 0.29) is 0 Å². The van der Waals surface area contributed by atoms with Crippen LogP contribution in [0.2, 0.25) is 0 Å². The van der Waals surface area contributed by atoms with Gasteiger partial charge in [-0.15, -0.1) is 0 Å². The summed E-state index contributed by atoms with van der Waals surface area (Å²) in [5.41, 5.74) is 6.61. The lowest BCUT2D eigenvalue weighted by molar-refractivity contribution is 0.414. The molecule has 5 nitrogen and oxygen atoms in total. The van der Waals surface area contributed by atoms with Crippen LogP contribution in [0.5, 0.6) is 5.75 Å². The molecule has 0 saturated heterocycles. The fourth-order valence-electron chi connectivity index (χ4n) is 1.83.